The van der Waals surface area contributed by atoms with Gasteiger partial charge in [0.15, 0.2) is 0 Å². The maximum absolute atomic E-state index is 9.94. The SMILES string of the molecule is CSc1cc(C)c(O)cc1C1(CN)CCCC1. The van der Waals surface area contributed by atoms with Crippen LogP contribution in [-0.2, 0) is 5.41 Å². The van der Waals surface area contributed by atoms with Gasteiger partial charge in [-0.2, -0.15) is 0 Å². The summed E-state index contributed by atoms with van der Waals surface area (Å²) in [6.45, 7) is 2.63. The van der Waals surface area contributed by atoms with Gasteiger partial charge >= 0.3 is 0 Å². The van der Waals surface area contributed by atoms with E-state index in [0.717, 1.165) is 18.4 Å². The fraction of sp³-hybridized carbons (Fsp3) is 0.571. The van der Waals surface area contributed by atoms with Gasteiger partial charge in [-0.3, -0.25) is 0 Å². The predicted molar refractivity (Wildman–Crippen MR) is 73.8 cm³/mol. The maximum Gasteiger partial charge on any atom is 0.118 e. The highest BCUT2D eigenvalue weighted by atomic mass is 32.2. The molecule has 2 nitrogen and oxygen atoms in total. The van der Waals surface area contributed by atoms with Crippen molar-refractivity contribution in [3.63, 3.8) is 0 Å². The first kappa shape index (κ1) is 12.8. The zero-order chi connectivity index (χ0) is 12.5. The van der Waals surface area contributed by atoms with Gasteiger partial charge in [-0.1, -0.05) is 12.8 Å². The van der Waals surface area contributed by atoms with Gasteiger partial charge < -0.3 is 10.8 Å². The molecule has 1 aromatic rings. The van der Waals surface area contributed by atoms with Crippen molar-refractivity contribution in [2.45, 2.75) is 42.9 Å². The molecule has 0 saturated heterocycles. The van der Waals surface area contributed by atoms with Crippen molar-refractivity contribution in [3.05, 3.63) is 23.3 Å². The van der Waals surface area contributed by atoms with E-state index >= 15 is 0 Å². The van der Waals surface area contributed by atoms with Gasteiger partial charge in [-0.15, -0.1) is 11.8 Å². The van der Waals surface area contributed by atoms with Crippen LogP contribution in [0.5, 0.6) is 5.75 Å². The number of aryl methyl sites for hydroxylation is 1. The van der Waals surface area contributed by atoms with E-state index in [2.05, 4.69) is 12.3 Å². The van der Waals surface area contributed by atoms with Crippen LogP contribution in [0.1, 0.15) is 36.8 Å². The molecule has 0 aliphatic heterocycles. The van der Waals surface area contributed by atoms with E-state index in [0.29, 0.717) is 12.3 Å². The molecule has 2 rings (SSSR count). The number of phenols is 1. The Kier molecular flexibility index (Phi) is 3.69. The Bertz CT molecular complexity index is 411. The Balaban J connectivity index is 2.52. The molecular formula is C14H21NOS. The Morgan fingerprint density at radius 3 is 2.53 bits per heavy atom. The van der Waals surface area contributed by atoms with Crippen molar-refractivity contribution < 1.29 is 5.11 Å². The lowest BCUT2D eigenvalue weighted by atomic mass is 9.78. The molecule has 1 aromatic carbocycles. The molecule has 94 valence electrons. The number of thioether (sulfide) groups is 1. The van der Waals surface area contributed by atoms with Gasteiger partial charge in [-0.25, -0.2) is 0 Å². The quantitative estimate of drug-likeness (QED) is 0.811. The Labute approximate surface area is 108 Å². The molecule has 3 N–H and O–H groups in total. The fourth-order valence-corrected chi connectivity index (χ4v) is 3.68. The van der Waals surface area contributed by atoms with Crippen LogP contribution in [0.4, 0.5) is 0 Å². The van der Waals surface area contributed by atoms with E-state index in [-0.39, 0.29) is 5.41 Å². The summed E-state index contributed by atoms with van der Waals surface area (Å²) in [5.74, 6) is 0.400. The number of hydrogen-bond acceptors (Lipinski definition) is 3. The van der Waals surface area contributed by atoms with E-state index in [9.17, 15) is 5.11 Å². The van der Waals surface area contributed by atoms with E-state index in [1.165, 1.54) is 23.3 Å². The molecule has 0 spiro atoms. The first-order valence-corrected chi connectivity index (χ1v) is 7.43. The molecule has 1 aliphatic rings. The molecular weight excluding hydrogens is 230 g/mol. The first-order valence-electron chi connectivity index (χ1n) is 6.21. The highest BCUT2D eigenvalue weighted by Crippen LogP contribution is 2.45. The van der Waals surface area contributed by atoms with E-state index in [4.69, 9.17) is 5.73 Å². The Hall–Kier alpha value is -0.670. The average Bonchev–Trinajstić information content (AvgIpc) is 2.82. The number of rotatable bonds is 3. The van der Waals surface area contributed by atoms with Crippen LogP contribution >= 0.6 is 11.8 Å². The minimum Gasteiger partial charge on any atom is -0.508 e. The summed E-state index contributed by atoms with van der Waals surface area (Å²) in [5.41, 5.74) is 8.33. The third-order valence-electron chi connectivity index (χ3n) is 4.04. The number of hydrogen-bond donors (Lipinski definition) is 2. The van der Waals surface area contributed by atoms with Gasteiger partial charge in [0.1, 0.15) is 5.75 Å². The second kappa shape index (κ2) is 4.91. The molecule has 1 aliphatic carbocycles. The van der Waals surface area contributed by atoms with Crippen LogP contribution in [-0.4, -0.2) is 17.9 Å². The minimum atomic E-state index is 0.101. The zero-order valence-electron chi connectivity index (χ0n) is 10.6. The van der Waals surface area contributed by atoms with Gasteiger partial charge in [0.2, 0.25) is 0 Å². The normalized spacial score (nSPS) is 18.5. The van der Waals surface area contributed by atoms with Crippen molar-refractivity contribution >= 4 is 11.8 Å². The van der Waals surface area contributed by atoms with E-state index in [1.54, 1.807) is 11.8 Å². The van der Waals surface area contributed by atoms with Crippen LogP contribution in [0.3, 0.4) is 0 Å². The highest BCUT2D eigenvalue weighted by molar-refractivity contribution is 7.98. The van der Waals surface area contributed by atoms with Crippen molar-refractivity contribution in [3.8, 4) is 5.75 Å². The topological polar surface area (TPSA) is 46.2 Å². The van der Waals surface area contributed by atoms with Crippen molar-refractivity contribution in [2.24, 2.45) is 5.73 Å². The molecule has 0 atom stereocenters. The van der Waals surface area contributed by atoms with Crippen molar-refractivity contribution in [1.82, 2.24) is 0 Å². The predicted octanol–water partition coefficient (Wildman–Crippen LogP) is 3.19. The van der Waals surface area contributed by atoms with Gasteiger partial charge in [-0.05, 0) is 49.3 Å². The smallest absolute Gasteiger partial charge is 0.118 e. The monoisotopic (exact) mass is 251 g/mol. The largest absolute Gasteiger partial charge is 0.508 e. The summed E-state index contributed by atoms with van der Waals surface area (Å²) in [6.07, 6.45) is 6.90. The summed E-state index contributed by atoms with van der Waals surface area (Å²) in [5, 5.41) is 9.94. The van der Waals surface area contributed by atoms with Crippen LogP contribution in [0.2, 0.25) is 0 Å². The molecule has 0 bridgehead atoms. The minimum absolute atomic E-state index is 0.101. The highest BCUT2D eigenvalue weighted by Gasteiger charge is 2.36. The molecule has 17 heavy (non-hydrogen) atoms. The summed E-state index contributed by atoms with van der Waals surface area (Å²) >= 11 is 1.75. The van der Waals surface area contributed by atoms with Crippen LogP contribution in [0, 0.1) is 6.92 Å². The Morgan fingerprint density at radius 2 is 2.00 bits per heavy atom. The molecule has 0 unspecified atom stereocenters. The molecule has 1 fully saturated rings. The lowest BCUT2D eigenvalue weighted by Gasteiger charge is -2.30. The van der Waals surface area contributed by atoms with Crippen LogP contribution in [0.25, 0.3) is 0 Å². The Morgan fingerprint density at radius 1 is 1.35 bits per heavy atom. The van der Waals surface area contributed by atoms with Crippen LogP contribution < -0.4 is 5.73 Å². The third-order valence-corrected chi connectivity index (χ3v) is 4.82. The molecule has 0 amide bonds. The zero-order valence-corrected chi connectivity index (χ0v) is 11.4. The summed E-state index contributed by atoms with van der Waals surface area (Å²) < 4.78 is 0. The number of phenolic OH excluding ortho intramolecular Hbond substituents is 1. The summed E-state index contributed by atoms with van der Waals surface area (Å²) in [4.78, 5) is 1.27. The number of aromatic hydroxyl groups is 1. The number of benzene rings is 1. The maximum atomic E-state index is 9.94. The van der Waals surface area contributed by atoms with Crippen LogP contribution in [0.15, 0.2) is 17.0 Å². The number of nitrogens with two attached hydrogens (primary N) is 1. The van der Waals surface area contributed by atoms with Crippen molar-refractivity contribution in [2.75, 3.05) is 12.8 Å². The van der Waals surface area contributed by atoms with E-state index in [1.807, 2.05) is 13.0 Å². The molecule has 0 aromatic heterocycles. The molecule has 1 saturated carbocycles. The molecule has 0 heterocycles. The first-order chi connectivity index (χ1) is 8.13. The van der Waals surface area contributed by atoms with Gasteiger partial charge in [0.05, 0.1) is 0 Å². The molecule has 3 heteroatoms. The second-order valence-electron chi connectivity index (χ2n) is 5.03. The lowest BCUT2D eigenvalue weighted by molar-refractivity contribution is 0.432. The summed E-state index contributed by atoms with van der Waals surface area (Å²) in [6, 6.07) is 4.03. The van der Waals surface area contributed by atoms with Gasteiger partial charge in [0, 0.05) is 16.9 Å². The summed E-state index contributed by atoms with van der Waals surface area (Å²) in [7, 11) is 0. The third kappa shape index (κ3) is 2.18. The second-order valence-corrected chi connectivity index (χ2v) is 5.88. The average molecular weight is 251 g/mol. The van der Waals surface area contributed by atoms with E-state index < -0.39 is 0 Å². The lowest BCUT2D eigenvalue weighted by Crippen LogP contribution is -2.32. The molecule has 0 radical (unpaired) electrons. The van der Waals surface area contributed by atoms with Crippen molar-refractivity contribution in [1.29, 1.82) is 0 Å². The standard InChI is InChI=1S/C14H21NOS/c1-10-7-13(17-2)11(8-12(10)16)14(9-15)5-3-4-6-14/h7-8,16H,3-6,9,15H2,1-2H3. The van der Waals surface area contributed by atoms with Gasteiger partial charge in [0.25, 0.3) is 0 Å². The fourth-order valence-electron chi connectivity index (χ4n) is 2.89.